The summed E-state index contributed by atoms with van der Waals surface area (Å²) in [4.78, 5) is 35.0. The average Bonchev–Trinajstić information content (AvgIpc) is 3.12. The van der Waals surface area contributed by atoms with Crippen LogP contribution in [0.3, 0.4) is 0 Å². The SMILES string of the molecule is CCC(C)(C)C(=O)NCCCC(=O)C1C2C=CC(O2)C1OC=O. The van der Waals surface area contributed by atoms with Crippen molar-refractivity contribution in [2.45, 2.75) is 58.3 Å². The van der Waals surface area contributed by atoms with Gasteiger partial charge in [0.2, 0.25) is 5.91 Å². The predicted octanol–water partition coefficient (Wildman–Crippen LogP) is 1.38. The van der Waals surface area contributed by atoms with Crippen molar-refractivity contribution in [2.24, 2.45) is 11.3 Å². The molecule has 2 heterocycles. The first-order chi connectivity index (χ1) is 10.9. The molecule has 2 bridgehead atoms. The van der Waals surface area contributed by atoms with Crippen LogP contribution in [-0.4, -0.2) is 43.0 Å². The first-order valence-electron chi connectivity index (χ1n) is 8.14. The fourth-order valence-electron chi connectivity index (χ4n) is 2.90. The summed E-state index contributed by atoms with van der Waals surface area (Å²) in [5.41, 5.74) is -0.393. The van der Waals surface area contributed by atoms with E-state index >= 15 is 0 Å². The van der Waals surface area contributed by atoms with Crippen molar-refractivity contribution in [1.82, 2.24) is 5.32 Å². The first-order valence-corrected chi connectivity index (χ1v) is 8.14. The molecule has 2 aliphatic heterocycles. The van der Waals surface area contributed by atoms with E-state index in [1.54, 1.807) is 0 Å². The summed E-state index contributed by atoms with van der Waals surface area (Å²) in [5, 5.41) is 2.87. The van der Waals surface area contributed by atoms with Crippen molar-refractivity contribution in [3.8, 4) is 0 Å². The normalized spacial score (nSPS) is 28.7. The van der Waals surface area contributed by atoms with Crippen LogP contribution in [0.15, 0.2) is 12.2 Å². The van der Waals surface area contributed by atoms with Gasteiger partial charge in [-0.05, 0) is 12.8 Å². The van der Waals surface area contributed by atoms with Gasteiger partial charge in [-0.25, -0.2) is 0 Å². The number of ether oxygens (including phenoxy) is 2. The van der Waals surface area contributed by atoms with Gasteiger partial charge in [-0.1, -0.05) is 32.9 Å². The van der Waals surface area contributed by atoms with Gasteiger partial charge in [-0.3, -0.25) is 14.4 Å². The standard InChI is InChI=1S/C17H25NO5/c1-4-17(2,3)16(21)18-9-5-6-11(20)14-12-7-8-13(23-12)15(14)22-10-19/h7-8,10,12-15H,4-6,9H2,1-3H3,(H,18,21). The molecule has 1 fully saturated rings. The van der Waals surface area contributed by atoms with Gasteiger partial charge < -0.3 is 14.8 Å². The number of rotatable bonds is 9. The van der Waals surface area contributed by atoms with E-state index in [0.717, 1.165) is 6.42 Å². The third kappa shape index (κ3) is 3.80. The number of amides is 1. The Morgan fingerprint density at radius 2 is 2.00 bits per heavy atom. The molecule has 1 amide bonds. The van der Waals surface area contributed by atoms with E-state index in [0.29, 0.717) is 25.9 Å². The molecule has 0 aliphatic carbocycles. The van der Waals surface area contributed by atoms with Crippen molar-refractivity contribution >= 4 is 18.2 Å². The van der Waals surface area contributed by atoms with E-state index in [9.17, 15) is 14.4 Å². The smallest absolute Gasteiger partial charge is 0.293 e. The van der Waals surface area contributed by atoms with Crippen LogP contribution in [0.1, 0.15) is 40.0 Å². The number of nitrogens with one attached hydrogen (secondary N) is 1. The van der Waals surface area contributed by atoms with Gasteiger partial charge in [0, 0.05) is 18.4 Å². The summed E-state index contributed by atoms with van der Waals surface area (Å²) in [6, 6.07) is 0. The molecule has 0 aromatic rings. The summed E-state index contributed by atoms with van der Waals surface area (Å²) in [6.45, 7) is 6.60. The minimum Gasteiger partial charge on any atom is -0.461 e. The predicted molar refractivity (Wildman–Crippen MR) is 83.6 cm³/mol. The molecule has 6 nitrogen and oxygen atoms in total. The molecule has 6 heteroatoms. The van der Waals surface area contributed by atoms with Gasteiger partial charge in [0.25, 0.3) is 6.47 Å². The Morgan fingerprint density at radius 3 is 2.65 bits per heavy atom. The second-order valence-electron chi connectivity index (χ2n) is 6.74. The highest BCUT2D eigenvalue weighted by molar-refractivity contribution is 5.84. The van der Waals surface area contributed by atoms with Crippen LogP contribution in [0, 0.1) is 11.3 Å². The second kappa shape index (κ2) is 7.25. The van der Waals surface area contributed by atoms with Gasteiger partial charge >= 0.3 is 0 Å². The molecular weight excluding hydrogens is 298 g/mol. The summed E-state index contributed by atoms with van der Waals surface area (Å²) >= 11 is 0. The molecule has 0 radical (unpaired) electrons. The lowest BCUT2D eigenvalue weighted by atomic mass is 9.86. The topological polar surface area (TPSA) is 81.7 Å². The Morgan fingerprint density at radius 1 is 1.30 bits per heavy atom. The zero-order chi connectivity index (χ0) is 17.0. The van der Waals surface area contributed by atoms with Gasteiger partial charge in [0.15, 0.2) is 0 Å². The monoisotopic (exact) mass is 323 g/mol. The maximum Gasteiger partial charge on any atom is 0.293 e. The fraction of sp³-hybridized carbons (Fsp3) is 0.706. The van der Waals surface area contributed by atoms with E-state index in [2.05, 4.69) is 5.32 Å². The molecule has 0 spiro atoms. The van der Waals surface area contributed by atoms with Crippen molar-refractivity contribution in [2.75, 3.05) is 6.54 Å². The Hall–Kier alpha value is -1.69. The summed E-state index contributed by atoms with van der Waals surface area (Å²) in [5.74, 6) is -0.420. The molecule has 4 unspecified atom stereocenters. The zero-order valence-corrected chi connectivity index (χ0v) is 13.9. The number of hydrogen-bond acceptors (Lipinski definition) is 5. The summed E-state index contributed by atoms with van der Waals surface area (Å²) in [6.07, 6.45) is 4.20. The fourth-order valence-corrected chi connectivity index (χ4v) is 2.90. The molecule has 23 heavy (non-hydrogen) atoms. The quantitative estimate of drug-likeness (QED) is 0.394. The number of hydrogen-bond donors (Lipinski definition) is 1. The van der Waals surface area contributed by atoms with Gasteiger partial charge in [-0.2, -0.15) is 0 Å². The Kier molecular flexibility index (Phi) is 5.57. The molecule has 2 aliphatic rings. The van der Waals surface area contributed by atoms with E-state index < -0.39 is 17.4 Å². The minimum absolute atomic E-state index is 0.000744. The molecule has 0 aromatic carbocycles. The lowest BCUT2D eigenvalue weighted by molar-refractivity contribution is -0.139. The van der Waals surface area contributed by atoms with Crippen LogP contribution in [0.5, 0.6) is 0 Å². The Balaban J connectivity index is 1.78. The number of ketones is 1. The number of carbonyl (C=O) groups excluding carboxylic acids is 3. The molecule has 1 saturated heterocycles. The van der Waals surface area contributed by atoms with E-state index in [1.807, 2.05) is 32.9 Å². The highest BCUT2D eigenvalue weighted by Crippen LogP contribution is 2.37. The van der Waals surface area contributed by atoms with Crippen LogP contribution in [0.2, 0.25) is 0 Å². The number of carbonyl (C=O) groups is 3. The molecule has 0 aromatic heterocycles. The van der Waals surface area contributed by atoms with Crippen LogP contribution in [-0.2, 0) is 23.9 Å². The van der Waals surface area contributed by atoms with Crippen LogP contribution < -0.4 is 5.32 Å². The molecule has 0 saturated carbocycles. The second-order valence-corrected chi connectivity index (χ2v) is 6.74. The van der Waals surface area contributed by atoms with Crippen LogP contribution in [0.4, 0.5) is 0 Å². The zero-order valence-electron chi connectivity index (χ0n) is 13.9. The van der Waals surface area contributed by atoms with Crippen molar-refractivity contribution in [3.63, 3.8) is 0 Å². The van der Waals surface area contributed by atoms with Gasteiger partial charge in [-0.15, -0.1) is 0 Å². The first kappa shape index (κ1) is 17.7. The van der Waals surface area contributed by atoms with Gasteiger partial charge in [0.05, 0.1) is 12.0 Å². The lowest BCUT2D eigenvalue weighted by Crippen LogP contribution is -2.39. The lowest BCUT2D eigenvalue weighted by Gasteiger charge is -2.23. The van der Waals surface area contributed by atoms with Crippen molar-refractivity contribution in [3.05, 3.63) is 12.2 Å². The molecule has 4 atom stereocenters. The average molecular weight is 323 g/mol. The van der Waals surface area contributed by atoms with E-state index in [1.165, 1.54) is 0 Å². The minimum atomic E-state index is -0.524. The largest absolute Gasteiger partial charge is 0.461 e. The maximum absolute atomic E-state index is 12.4. The maximum atomic E-state index is 12.4. The van der Waals surface area contributed by atoms with Crippen molar-refractivity contribution < 1.29 is 23.9 Å². The highest BCUT2D eigenvalue weighted by atomic mass is 16.6. The van der Waals surface area contributed by atoms with Gasteiger partial charge in [0.1, 0.15) is 18.0 Å². The molecular formula is C17H25NO5. The molecule has 2 rings (SSSR count). The Bertz CT molecular complexity index is 499. The highest BCUT2D eigenvalue weighted by Gasteiger charge is 2.50. The van der Waals surface area contributed by atoms with E-state index in [4.69, 9.17) is 9.47 Å². The van der Waals surface area contributed by atoms with E-state index in [-0.39, 0.29) is 23.9 Å². The summed E-state index contributed by atoms with van der Waals surface area (Å²) in [7, 11) is 0. The van der Waals surface area contributed by atoms with Crippen molar-refractivity contribution in [1.29, 1.82) is 0 Å². The van der Waals surface area contributed by atoms with Crippen LogP contribution >= 0.6 is 0 Å². The molecule has 1 N–H and O–H groups in total. The van der Waals surface area contributed by atoms with Crippen LogP contribution in [0.25, 0.3) is 0 Å². The third-order valence-electron chi connectivity index (χ3n) is 4.80. The third-order valence-corrected chi connectivity index (χ3v) is 4.80. The summed E-state index contributed by atoms with van der Waals surface area (Å²) < 4.78 is 10.6. The number of fused-ring (bicyclic) bond motifs is 2. The molecule has 128 valence electrons. The Labute approximate surface area is 136 Å². The number of Topliss-reactive ketones (excluding diaryl/α,β-unsaturated/α-hetero) is 1.